The normalized spacial score (nSPS) is 18.9. The highest BCUT2D eigenvalue weighted by Gasteiger charge is 2.20. The molecule has 18 heavy (non-hydrogen) atoms. The average molecular weight is 248 g/mol. The zero-order valence-corrected chi connectivity index (χ0v) is 12.0. The molecule has 1 aromatic heterocycles. The first-order valence-electron chi connectivity index (χ1n) is 7.77. The Kier molecular flexibility index (Phi) is 5.30. The fraction of sp³-hybridized carbons (Fsp3) is 0.750. The summed E-state index contributed by atoms with van der Waals surface area (Å²) in [6.07, 6.45) is 14.1. The van der Waals surface area contributed by atoms with Crippen LogP contribution in [0.25, 0.3) is 0 Å². The van der Waals surface area contributed by atoms with Gasteiger partial charge in [-0.2, -0.15) is 0 Å². The Bertz CT molecular complexity index is 354. The Morgan fingerprint density at radius 2 is 2.11 bits per heavy atom. The van der Waals surface area contributed by atoms with Gasteiger partial charge in [0.15, 0.2) is 0 Å². The van der Waals surface area contributed by atoms with Crippen molar-refractivity contribution in [2.24, 2.45) is 0 Å². The van der Waals surface area contributed by atoms with E-state index in [0.717, 1.165) is 6.54 Å². The lowest BCUT2D eigenvalue weighted by molar-refractivity contribution is 0.473. The molecule has 0 saturated carbocycles. The highest BCUT2D eigenvalue weighted by molar-refractivity contribution is 5.30. The quantitative estimate of drug-likeness (QED) is 0.720. The lowest BCUT2D eigenvalue weighted by atomic mass is 9.91. The molecule has 2 nitrogen and oxygen atoms in total. The summed E-state index contributed by atoms with van der Waals surface area (Å²) in [5.41, 5.74) is 3.15. The molecular formula is C16H28N2. The molecule has 0 aromatic carbocycles. The van der Waals surface area contributed by atoms with Gasteiger partial charge in [0.05, 0.1) is 0 Å². The van der Waals surface area contributed by atoms with Gasteiger partial charge in [0, 0.05) is 25.0 Å². The maximum atomic E-state index is 3.62. The highest BCUT2D eigenvalue weighted by Crippen LogP contribution is 2.30. The number of aryl methyl sites for hydroxylation is 2. The van der Waals surface area contributed by atoms with Crippen molar-refractivity contribution in [2.75, 3.05) is 6.54 Å². The molecule has 2 heteroatoms. The van der Waals surface area contributed by atoms with Gasteiger partial charge in [-0.3, -0.25) is 0 Å². The van der Waals surface area contributed by atoms with Crippen molar-refractivity contribution >= 4 is 0 Å². The van der Waals surface area contributed by atoms with Crippen molar-refractivity contribution in [3.63, 3.8) is 0 Å². The van der Waals surface area contributed by atoms with E-state index in [0.29, 0.717) is 6.04 Å². The predicted molar refractivity (Wildman–Crippen MR) is 77.9 cm³/mol. The number of fused-ring (bicyclic) bond motifs is 1. The van der Waals surface area contributed by atoms with Gasteiger partial charge >= 0.3 is 0 Å². The van der Waals surface area contributed by atoms with Gasteiger partial charge in [-0.05, 0) is 43.4 Å². The molecule has 0 saturated heterocycles. The molecule has 2 rings (SSSR count). The second-order valence-corrected chi connectivity index (χ2v) is 5.54. The van der Waals surface area contributed by atoms with E-state index in [9.17, 15) is 0 Å². The molecule has 1 aliphatic carbocycles. The molecule has 102 valence electrons. The van der Waals surface area contributed by atoms with Gasteiger partial charge < -0.3 is 9.88 Å². The average Bonchev–Trinajstić information content (AvgIpc) is 2.79. The third-order valence-electron chi connectivity index (χ3n) is 4.03. The Morgan fingerprint density at radius 1 is 1.22 bits per heavy atom. The van der Waals surface area contributed by atoms with Crippen LogP contribution in [0.5, 0.6) is 0 Å². The zero-order valence-electron chi connectivity index (χ0n) is 12.0. The number of unbranched alkanes of at least 4 members (excludes halogenated alkanes) is 3. The summed E-state index contributed by atoms with van der Waals surface area (Å²) >= 11 is 0. The first kappa shape index (κ1) is 13.7. The van der Waals surface area contributed by atoms with E-state index in [1.54, 1.807) is 11.1 Å². The standard InChI is InChI=1S/C16H28N2/c1-3-5-6-7-11-18-12-14-9-8-10-16(17-4-2)15(14)13-18/h12-13,16-17H,3-11H2,1-2H3. The van der Waals surface area contributed by atoms with Crippen LogP contribution in [0.3, 0.4) is 0 Å². The summed E-state index contributed by atoms with van der Waals surface area (Å²) in [4.78, 5) is 0. The fourth-order valence-corrected chi connectivity index (χ4v) is 3.06. The van der Waals surface area contributed by atoms with Crippen molar-refractivity contribution in [3.05, 3.63) is 23.5 Å². The van der Waals surface area contributed by atoms with Gasteiger partial charge in [-0.15, -0.1) is 0 Å². The maximum Gasteiger partial charge on any atom is 0.0338 e. The number of hydrogen-bond donors (Lipinski definition) is 1. The number of nitrogens with zero attached hydrogens (tertiary/aromatic N) is 1. The van der Waals surface area contributed by atoms with Gasteiger partial charge in [-0.1, -0.05) is 33.1 Å². The van der Waals surface area contributed by atoms with Crippen LogP contribution in [-0.4, -0.2) is 11.1 Å². The lowest BCUT2D eigenvalue weighted by Gasteiger charge is -2.22. The minimum Gasteiger partial charge on any atom is -0.354 e. The molecule has 0 aliphatic heterocycles. The molecular weight excluding hydrogens is 220 g/mol. The second kappa shape index (κ2) is 6.98. The van der Waals surface area contributed by atoms with Crippen LogP contribution in [0.15, 0.2) is 12.4 Å². The monoisotopic (exact) mass is 248 g/mol. The van der Waals surface area contributed by atoms with Crippen LogP contribution in [0, 0.1) is 0 Å². The molecule has 0 fully saturated rings. The Balaban J connectivity index is 1.94. The lowest BCUT2D eigenvalue weighted by Crippen LogP contribution is -2.23. The van der Waals surface area contributed by atoms with Crippen molar-refractivity contribution in [2.45, 2.75) is 71.4 Å². The summed E-state index contributed by atoms with van der Waals surface area (Å²) in [5.74, 6) is 0. The Labute approximate surface area is 112 Å². The van der Waals surface area contributed by atoms with Crippen LogP contribution < -0.4 is 5.32 Å². The molecule has 0 amide bonds. The predicted octanol–water partition coefficient (Wildman–Crippen LogP) is 4.06. The van der Waals surface area contributed by atoms with Gasteiger partial charge in [0.1, 0.15) is 0 Å². The highest BCUT2D eigenvalue weighted by atomic mass is 15.0. The van der Waals surface area contributed by atoms with E-state index in [-0.39, 0.29) is 0 Å². The Hall–Kier alpha value is -0.760. The van der Waals surface area contributed by atoms with Crippen LogP contribution in [-0.2, 0) is 13.0 Å². The minimum absolute atomic E-state index is 0.607. The van der Waals surface area contributed by atoms with Crippen molar-refractivity contribution < 1.29 is 0 Å². The third-order valence-corrected chi connectivity index (χ3v) is 4.03. The van der Waals surface area contributed by atoms with Crippen LogP contribution in [0.1, 0.15) is 69.5 Å². The summed E-state index contributed by atoms with van der Waals surface area (Å²) in [6.45, 7) is 6.75. The summed E-state index contributed by atoms with van der Waals surface area (Å²) in [5, 5.41) is 3.62. The van der Waals surface area contributed by atoms with E-state index in [1.807, 2.05) is 0 Å². The Morgan fingerprint density at radius 3 is 2.89 bits per heavy atom. The van der Waals surface area contributed by atoms with Crippen LogP contribution >= 0.6 is 0 Å². The van der Waals surface area contributed by atoms with E-state index < -0.39 is 0 Å². The number of aromatic nitrogens is 1. The molecule has 1 unspecified atom stereocenters. The largest absolute Gasteiger partial charge is 0.354 e. The van der Waals surface area contributed by atoms with E-state index in [1.165, 1.54) is 51.5 Å². The number of nitrogens with one attached hydrogen (secondary N) is 1. The fourth-order valence-electron chi connectivity index (χ4n) is 3.06. The molecule has 1 aromatic rings. The molecule has 1 aliphatic rings. The summed E-state index contributed by atoms with van der Waals surface area (Å²) < 4.78 is 2.43. The molecule has 1 atom stereocenters. The smallest absolute Gasteiger partial charge is 0.0338 e. The molecule has 0 radical (unpaired) electrons. The van der Waals surface area contributed by atoms with Crippen molar-refractivity contribution in [1.29, 1.82) is 0 Å². The van der Waals surface area contributed by atoms with E-state index >= 15 is 0 Å². The number of rotatable bonds is 7. The number of hydrogen-bond acceptors (Lipinski definition) is 1. The van der Waals surface area contributed by atoms with Gasteiger partial charge in [0.25, 0.3) is 0 Å². The van der Waals surface area contributed by atoms with E-state index in [2.05, 4.69) is 36.1 Å². The molecule has 1 N–H and O–H groups in total. The summed E-state index contributed by atoms with van der Waals surface area (Å²) in [7, 11) is 0. The molecule has 0 bridgehead atoms. The topological polar surface area (TPSA) is 17.0 Å². The summed E-state index contributed by atoms with van der Waals surface area (Å²) in [6, 6.07) is 0.607. The van der Waals surface area contributed by atoms with Gasteiger partial charge in [-0.25, -0.2) is 0 Å². The zero-order chi connectivity index (χ0) is 12.8. The first-order chi connectivity index (χ1) is 8.85. The van der Waals surface area contributed by atoms with Crippen molar-refractivity contribution in [3.8, 4) is 0 Å². The second-order valence-electron chi connectivity index (χ2n) is 5.54. The molecule has 0 spiro atoms. The first-order valence-corrected chi connectivity index (χ1v) is 7.77. The van der Waals surface area contributed by atoms with Crippen molar-refractivity contribution in [1.82, 2.24) is 9.88 Å². The van der Waals surface area contributed by atoms with E-state index in [4.69, 9.17) is 0 Å². The van der Waals surface area contributed by atoms with Crippen LogP contribution in [0.4, 0.5) is 0 Å². The third kappa shape index (κ3) is 3.38. The van der Waals surface area contributed by atoms with Gasteiger partial charge in [0.2, 0.25) is 0 Å². The van der Waals surface area contributed by atoms with Crippen LogP contribution in [0.2, 0.25) is 0 Å². The SMILES string of the molecule is CCCCCCn1cc2c(c1)C(NCC)CCC2. The minimum atomic E-state index is 0.607. The maximum absolute atomic E-state index is 3.62. The molecule has 1 heterocycles.